The molecule has 0 spiro atoms. The fourth-order valence-corrected chi connectivity index (χ4v) is 4.51. The third-order valence-corrected chi connectivity index (χ3v) is 6.38. The van der Waals surface area contributed by atoms with E-state index in [1.807, 2.05) is 28.9 Å². The number of hydrogen-bond acceptors (Lipinski definition) is 5. The summed E-state index contributed by atoms with van der Waals surface area (Å²) in [6.45, 7) is 4.37. The maximum absolute atomic E-state index is 11.6. The van der Waals surface area contributed by atoms with Crippen LogP contribution in [0.5, 0.6) is 0 Å². The molecule has 1 aliphatic rings. The topological polar surface area (TPSA) is 68.5 Å². The third kappa shape index (κ3) is 4.62. The van der Waals surface area contributed by atoms with E-state index in [2.05, 4.69) is 36.2 Å². The SMILES string of the molecule is C#Cc1cnn2c(-c3cc(NC4CCC(CC(=O)OC)CC4)c(C(C)C)cn3)ccc2c1. The molecule has 0 aromatic carbocycles. The predicted octanol–water partition coefficient (Wildman–Crippen LogP) is 5.03. The quantitative estimate of drug-likeness (QED) is 0.439. The van der Waals surface area contributed by atoms with Crippen LogP contribution in [0.3, 0.4) is 0 Å². The van der Waals surface area contributed by atoms with Gasteiger partial charge in [-0.1, -0.05) is 19.8 Å². The Labute approximate surface area is 189 Å². The van der Waals surface area contributed by atoms with E-state index in [0.29, 0.717) is 24.3 Å². The molecule has 1 N–H and O–H groups in total. The lowest BCUT2D eigenvalue weighted by Crippen LogP contribution is -2.27. The van der Waals surface area contributed by atoms with Crippen molar-refractivity contribution in [2.45, 2.75) is 57.9 Å². The number of anilines is 1. The van der Waals surface area contributed by atoms with Crippen molar-refractivity contribution in [2.24, 2.45) is 5.92 Å². The van der Waals surface area contributed by atoms with Gasteiger partial charge in [-0.3, -0.25) is 9.78 Å². The van der Waals surface area contributed by atoms with Crippen molar-refractivity contribution in [2.75, 3.05) is 12.4 Å². The monoisotopic (exact) mass is 430 g/mol. The number of aromatic nitrogens is 3. The number of carbonyl (C=O) groups is 1. The van der Waals surface area contributed by atoms with Crippen LogP contribution < -0.4 is 5.32 Å². The Morgan fingerprint density at radius 2 is 2.03 bits per heavy atom. The Morgan fingerprint density at radius 1 is 1.25 bits per heavy atom. The van der Waals surface area contributed by atoms with Gasteiger partial charge in [-0.05, 0) is 67.3 Å². The number of hydrogen-bond donors (Lipinski definition) is 1. The first-order valence-electron chi connectivity index (χ1n) is 11.3. The number of methoxy groups -OCH3 is 1. The summed E-state index contributed by atoms with van der Waals surface area (Å²) >= 11 is 0. The normalized spacial score (nSPS) is 18.5. The largest absolute Gasteiger partial charge is 0.469 e. The van der Waals surface area contributed by atoms with E-state index < -0.39 is 0 Å². The molecule has 3 aromatic heterocycles. The van der Waals surface area contributed by atoms with Crippen LogP contribution in [0, 0.1) is 18.3 Å². The molecule has 166 valence electrons. The van der Waals surface area contributed by atoms with Gasteiger partial charge < -0.3 is 10.1 Å². The van der Waals surface area contributed by atoms with Crippen molar-refractivity contribution >= 4 is 17.2 Å². The number of rotatable bonds is 6. The highest BCUT2D eigenvalue weighted by atomic mass is 16.5. The standard InChI is InChI=1S/C26H30N4O2/c1-5-18-12-21-10-11-25(30(21)28-15-18)24-14-23(22(16-27-24)17(2)3)29-20-8-6-19(7-9-20)13-26(31)32-4/h1,10-12,14-17,19-20H,6-9,13H2,2-4H3,(H,27,29). The third-order valence-electron chi connectivity index (χ3n) is 6.38. The lowest BCUT2D eigenvalue weighted by molar-refractivity contribution is -0.142. The molecule has 6 nitrogen and oxygen atoms in total. The molecule has 1 aliphatic carbocycles. The van der Waals surface area contributed by atoms with Crippen LogP contribution in [0.25, 0.3) is 16.9 Å². The second-order valence-corrected chi connectivity index (χ2v) is 8.90. The summed E-state index contributed by atoms with van der Waals surface area (Å²) in [4.78, 5) is 16.3. The summed E-state index contributed by atoms with van der Waals surface area (Å²) in [5, 5.41) is 8.28. The second-order valence-electron chi connectivity index (χ2n) is 8.90. The number of ether oxygens (including phenoxy) is 1. The summed E-state index contributed by atoms with van der Waals surface area (Å²) in [7, 11) is 1.46. The van der Waals surface area contributed by atoms with Crippen LogP contribution in [0.15, 0.2) is 36.7 Å². The van der Waals surface area contributed by atoms with E-state index in [1.165, 1.54) is 12.7 Å². The van der Waals surface area contributed by atoms with Crippen LogP contribution in [0.2, 0.25) is 0 Å². The van der Waals surface area contributed by atoms with Crippen molar-refractivity contribution in [1.82, 2.24) is 14.6 Å². The lowest BCUT2D eigenvalue weighted by Gasteiger charge is -2.30. The molecule has 6 heteroatoms. The molecular formula is C26H30N4O2. The highest BCUT2D eigenvalue weighted by molar-refractivity contribution is 5.70. The van der Waals surface area contributed by atoms with Crippen molar-refractivity contribution < 1.29 is 9.53 Å². The van der Waals surface area contributed by atoms with E-state index in [-0.39, 0.29) is 5.97 Å². The number of terminal acetylenes is 1. The Bertz CT molecular complexity index is 1150. The molecule has 0 atom stereocenters. The molecule has 1 fully saturated rings. The molecule has 0 amide bonds. The highest BCUT2D eigenvalue weighted by Crippen LogP contribution is 2.33. The molecule has 0 radical (unpaired) electrons. The van der Waals surface area contributed by atoms with Crippen molar-refractivity contribution in [3.63, 3.8) is 0 Å². The van der Waals surface area contributed by atoms with Crippen LogP contribution in [0.4, 0.5) is 5.69 Å². The van der Waals surface area contributed by atoms with E-state index in [0.717, 1.165) is 53.8 Å². The maximum atomic E-state index is 11.6. The Kier molecular flexibility index (Phi) is 6.45. The van der Waals surface area contributed by atoms with Gasteiger partial charge in [0.25, 0.3) is 0 Å². The van der Waals surface area contributed by atoms with Gasteiger partial charge in [-0.15, -0.1) is 6.42 Å². The fourth-order valence-electron chi connectivity index (χ4n) is 4.51. The van der Waals surface area contributed by atoms with E-state index >= 15 is 0 Å². The van der Waals surface area contributed by atoms with E-state index in [9.17, 15) is 4.79 Å². The summed E-state index contributed by atoms with van der Waals surface area (Å²) < 4.78 is 6.71. The number of carbonyl (C=O) groups excluding carboxylic acids is 1. The van der Waals surface area contributed by atoms with Gasteiger partial charge in [-0.25, -0.2) is 4.52 Å². The molecule has 3 aromatic rings. The number of fused-ring (bicyclic) bond motifs is 1. The molecule has 0 unspecified atom stereocenters. The van der Waals surface area contributed by atoms with Gasteiger partial charge in [-0.2, -0.15) is 5.10 Å². The minimum Gasteiger partial charge on any atom is -0.469 e. The Balaban J connectivity index is 1.56. The first-order valence-corrected chi connectivity index (χ1v) is 11.3. The molecule has 1 saturated carbocycles. The average molecular weight is 431 g/mol. The summed E-state index contributed by atoms with van der Waals surface area (Å²) in [5.74, 6) is 3.30. The van der Waals surface area contributed by atoms with Gasteiger partial charge in [0.1, 0.15) is 0 Å². The van der Waals surface area contributed by atoms with Crippen molar-refractivity contribution in [3.05, 3.63) is 47.8 Å². The predicted molar refractivity (Wildman–Crippen MR) is 126 cm³/mol. The average Bonchev–Trinajstić information content (AvgIpc) is 3.23. The molecular weight excluding hydrogens is 400 g/mol. The van der Waals surface area contributed by atoms with Crippen LogP contribution in [-0.4, -0.2) is 33.7 Å². The van der Waals surface area contributed by atoms with Gasteiger partial charge in [0.05, 0.1) is 30.2 Å². The Hall–Kier alpha value is -3.33. The first kappa shape index (κ1) is 21.9. The van der Waals surface area contributed by atoms with E-state index in [1.54, 1.807) is 6.20 Å². The summed E-state index contributed by atoms with van der Waals surface area (Å²) in [5.41, 5.74) is 5.84. The number of nitrogens with zero attached hydrogens (tertiary/aromatic N) is 3. The van der Waals surface area contributed by atoms with Crippen LogP contribution >= 0.6 is 0 Å². The van der Waals surface area contributed by atoms with E-state index in [4.69, 9.17) is 16.1 Å². The minimum atomic E-state index is -0.107. The van der Waals surface area contributed by atoms with Gasteiger partial charge in [0.2, 0.25) is 0 Å². The molecule has 0 aliphatic heterocycles. The molecule has 0 bridgehead atoms. The lowest BCUT2D eigenvalue weighted by atomic mass is 9.84. The zero-order chi connectivity index (χ0) is 22.7. The molecule has 3 heterocycles. The van der Waals surface area contributed by atoms with Gasteiger partial charge in [0.15, 0.2) is 0 Å². The first-order chi connectivity index (χ1) is 15.5. The maximum Gasteiger partial charge on any atom is 0.305 e. The van der Waals surface area contributed by atoms with Gasteiger partial charge >= 0.3 is 5.97 Å². The van der Waals surface area contributed by atoms with Crippen LogP contribution in [0.1, 0.15) is 63.0 Å². The smallest absolute Gasteiger partial charge is 0.305 e. The number of pyridine rings is 1. The minimum absolute atomic E-state index is 0.107. The zero-order valence-electron chi connectivity index (χ0n) is 19.0. The van der Waals surface area contributed by atoms with Crippen molar-refractivity contribution in [1.29, 1.82) is 0 Å². The Morgan fingerprint density at radius 3 is 2.72 bits per heavy atom. The molecule has 32 heavy (non-hydrogen) atoms. The highest BCUT2D eigenvalue weighted by Gasteiger charge is 2.24. The second kappa shape index (κ2) is 9.44. The fraction of sp³-hybridized carbons (Fsp3) is 0.423. The van der Waals surface area contributed by atoms with Crippen LogP contribution in [-0.2, 0) is 9.53 Å². The summed E-state index contributed by atoms with van der Waals surface area (Å²) in [6.07, 6.45) is 13.9. The molecule has 4 rings (SSSR count). The molecule has 0 saturated heterocycles. The summed E-state index contributed by atoms with van der Waals surface area (Å²) in [6, 6.07) is 8.51. The number of nitrogens with one attached hydrogen (secondary N) is 1. The number of esters is 1. The zero-order valence-corrected chi connectivity index (χ0v) is 19.0. The van der Waals surface area contributed by atoms with Gasteiger partial charge in [0, 0.05) is 29.9 Å². The van der Waals surface area contributed by atoms with Crippen molar-refractivity contribution in [3.8, 4) is 23.7 Å².